The van der Waals surface area contributed by atoms with E-state index in [4.69, 9.17) is 4.74 Å². The molecule has 0 spiro atoms. The Morgan fingerprint density at radius 3 is 2.71 bits per heavy atom. The number of hydrogen-bond acceptors (Lipinski definition) is 3. The molecule has 2 amide bonds. The van der Waals surface area contributed by atoms with E-state index in [-0.39, 0.29) is 23.7 Å². The zero-order valence-electron chi connectivity index (χ0n) is 19.2. The molecule has 2 heterocycles. The Morgan fingerprint density at radius 1 is 1.29 bits per heavy atom. The van der Waals surface area contributed by atoms with E-state index in [0.717, 1.165) is 23.0 Å². The zero-order valence-corrected chi connectivity index (χ0v) is 19.2. The van der Waals surface area contributed by atoms with Crippen LogP contribution in [0.5, 0.6) is 0 Å². The van der Waals surface area contributed by atoms with Crippen LogP contribution in [0.1, 0.15) is 71.2 Å². The summed E-state index contributed by atoms with van der Waals surface area (Å²) in [6.45, 7) is 10.8. The molecule has 1 unspecified atom stereocenters. The molecule has 0 saturated heterocycles. The van der Waals surface area contributed by atoms with Crippen molar-refractivity contribution in [2.45, 2.75) is 71.9 Å². The number of fused-ring (bicyclic) bond motifs is 3. The number of carbonyl (C=O) groups excluding carboxylic acids is 2. The van der Waals surface area contributed by atoms with Gasteiger partial charge in [0.15, 0.2) is 0 Å². The molecule has 6 nitrogen and oxygen atoms in total. The number of alkyl carbamates (subject to hydrolysis) is 1. The van der Waals surface area contributed by atoms with E-state index in [9.17, 15) is 14.0 Å². The van der Waals surface area contributed by atoms with Crippen molar-refractivity contribution in [1.29, 1.82) is 0 Å². The summed E-state index contributed by atoms with van der Waals surface area (Å²) in [5, 5.41) is 3.77. The van der Waals surface area contributed by atoms with Gasteiger partial charge in [-0.1, -0.05) is 13.8 Å². The van der Waals surface area contributed by atoms with Crippen LogP contribution in [0.15, 0.2) is 18.2 Å². The molecular formula is C24H34FN3O3. The number of nitrogens with zero attached hydrogens (tertiary/aromatic N) is 1. The number of benzene rings is 1. The molecule has 0 radical (unpaired) electrons. The van der Waals surface area contributed by atoms with Crippen LogP contribution in [0.25, 0.3) is 10.9 Å². The Morgan fingerprint density at radius 2 is 2.03 bits per heavy atom. The topological polar surface area (TPSA) is 74.4 Å². The molecule has 1 atom stereocenters. The van der Waals surface area contributed by atoms with Crippen molar-refractivity contribution in [3.05, 3.63) is 35.3 Å². The highest BCUT2D eigenvalue weighted by atomic mass is 19.1. The molecule has 7 heteroatoms. The number of amides is 2. The smallest absolute Gasteiger partial charge is 0.407 e. The molecule has 1 aromatic carbocycles. The predicted molar refractivity (Wildman–Crippen MR) is 119 cm³/mol. The monoisotopic (exact) mass is 431 g/mol. The fourth-order valence-corrected chi connectivity index (χ4v) is 4.32. The Kier molecular flexibility index (Phi) is 6.92. The lowest BCUT2D eigenvalue weighted by molar-refractivity contribution is -0.135. The predicted octanol–water partition coefficient (Wildman–Crippen LogP) is 5.08. The van der Waals surface area contributed by atoms with Gasteiger partial charge in [-0.05, 0) is 69.7 Å². The first-order valence-corrected chi connectivity index (χ1v) is 11.1. The third kappa shape index (κ3) is 5.57. The van der Waals surface area contributed by atoms with Crippen LogP contribution in [0.2, 0.25) is 0 Å². The van der Waals surface area contributed by atoms with Crippen LogP contribution in [0.3, 0.4) is 0 Å². The van der Waals surface area contributed by atoms with Crippen LogP contribution >= 0.6 is 0 Å². The number of hydrogen-bond donors (Lipinski definition) is 2. The number of nitrogens with one attached hydrogen (secondary N) is 2. The highest BCUT2D eigenvalue weighted by Gasteiger charge is 2.34. The van der Waals surface area contributed by atoms with Crippen molar-refractivity contribution >= 4 is 22.9 Å². The summed E-state index contributed by atoms with van der Waals surface area (Å²) in [6, 6.07) is 4.79. The maximum atomic E-state index is 13.7. The highest BCUT2D eigenvalue weighted by molar-refractivity contribution is 5.86. The normalized spacial score (nSPS) is 16.5. The van der Waals surface area contributed by atoms with E-state index in [1.807, 2.05) is 31.7 Å². The van der Waals surface area contributed by atoms with Gasteiger partial charge in [0.25, 0.3) is 0 Å². The summed E-state index contributed by atoms with van der Waals surface area (Å²) in [7, 11) is 0. The van der Waals surface area contributed by atoms with Gasteiger partial charge in [0.2, 0.25) is 5.91 Å². The molecule has 0 fully saturated rings. The van der Waals surface area contributed by atoms with Gasteiger partial charge in [-0.25, -0.2) is 9.18 Å². The lowest BCUT2D eigenvalue weighted by atomic mass is 9.90. The summed E-state index contributed by atoms with van der Waals surface area (Å²) in [5.41, 5.74) is 2.49. The van der Waals surface area contributed by atoms with Crippen molar-refractivity contribution in [1.82, 2.24) is 15.2 Å². The molecular weight excluding hydrogens is 397 g/mol. The lowest BCUT2D eigenvalue weighted by Crippen LogP contribution is -2.42. The van der Waals surface area contributed by atoms with Gasteiger partial charge in [0, 0.05) is 36.1 Å². The highest BCUT2D eigenvalue weighted by Crippen LogP contribution is 2.39. The molecule has 2 N–H and O–H groups in total. The summed E-state index contributed by atoms with van der Waals surface area (Å²) < 4.78 is 18.9. The van der Waals surface area contributed by atoms with Gasteiger partial charge in [0.05, 0.1) is 6.04 Å². The second-order valence-corrected chi connectivity index (χ2v) is 9.62. The molecule has 2 aromatic rings. The van der Waals surface area contributed by atoms with E-state index in [1.54, 1.807) is 0 Å². The van der Waals surface area contributed by atoms with E-state index < -0.39 is 11.7 Å². The number of ether oxygens (including phenoxy) is 1. The largest absolute Gasteiger partial charge is 0.444 e. The van der Waals surface area contributed by atoms with Gasteiger partial charge < -0.3 is 19.9 Å². The molecule has 3 rings (SSSR count). The standard InChI is InChI=1S/C24H34FN3O3/c1-15(2)22-21-18(17-10-9-16(25)14-19(17)27-21)11-13-28(22)20(29)8-6-7-12-26-23(30)31-24(3,4)5/h9-10,14-15,22,27H,6-8,11-13H2,1-5H3,(H,26,30). The number of halogens is 1. The van der Waals surface area contributed by atoms with Crippen molar-refractivity contribution in [3.63, 3.8) is 0 Å². The van der Waals surface area contributed by atoms with Crippen LogP contribution in [0, 0.1) is 11.7 Å². The number of unbranched alkanes of at least 4 members (excludes halogenated alkanes) is 1. The minimum atomic E-state index is -0.520. The minimum Gasteiger partial charge on any atom is -0.444 e. The third-order valence-electron chi connectivity index (χ3n) is 5.57. The number of H-pyrrole nitrogens is 1. The second-order valence-electron chi connectivity index (χ2n) is 9.62. The minimum absolute atomic E-state index is 0.0494. The van der Waals surface area contributed by atoms with E-state index in [2.05, 4.69) is 24.1 Å². The molecule has 1 aromatic heterocycles. The maximum absolute atomic E-state index is 13.7. The van der Waals surface area contributed by atoms with E-state index >= 15 is 0 Å². The van der Waals surface area contributed by atoms with Crippen molar-refractivity contribution in [2.24, 2.45) is 5.92 Å². The fraction of sp³-hybridized carbons (Fsp3) is 0.583. The van der Waals surface area contributed by atoms with Gasteiger partial charge in [-0.3, -0.25) is 4.79 Å². The summed E-state index contributed by atoms with van der Waals surface area (Å²) in [6.07, 6.45) is 2.17. The second kappa shape index (κ2) is 9.28. The van der Waals surface area contributed by atoms with Crippen molar-refractivity contribution in [3.8, 4) is 0 Å². The number of aromatic nitrogens is 1. The van der Waals surface area contributed by atoms with Gasteiger partial charge in [0.1, 0.15) is 11.4 Å². The molecule has 0 saturated carbocycles. The van der Waals surface area contributed by atoms with Gasteiger partial charge >= 0.3 is 6.09 Å². The first-order valence-electron chi connectivity index (χ1n) is 11.1. The molecule has 170 valence electrons. The first-order chi connectivity index (χ1) is 14.6. The molecule has 1 aliphatic heterocycles. The van der Waals surface area contributed by atoms with Crippen molar-refractivity contribution in [2.75, 3.05) is 13.1 Å². The average molecular weight is 432 g/mol. The quantitative estimate of drug-likeness (QED) is 0.626. The first kappa shape index (κ1) is 23.1. The van der Waals surface area contributed by atoms with Crippen LogP contribution in [-0.4, -0.2) is 40.6 Å². The lowest BCUT2D eigenvalue weighted by Gasteiger charge is -2.38. The SMILES string of the molecule is CC(C)C1c2[nH]c3cc(F)ccc3c2CCN1C(=O)CCCCNC(=O)OC(C)(C)C. The molecule has 0 bridgehead atoms. The van der Waals surface area contributed by atoms with Crippen molar-refractivity contribution < 1.29 is 18.7 Å². The zero-order chi connectivity index (χ0) is 22.8. The average Bonchev–Trinajstić information content (AvgIpc) is 3.02. The van der Waals surface area contributed by atoms with Crippen LogP contribution in [0.4, 0.5) is 9.18 Å². The van der Waals surface area contributed by atoms with Crippen LogP contribution in [-0.2, 0) is 16.0 Å². The Balaban J connectivity index is 1.59. The van der Waals surface area contributed by atoms with Gasteiger partial charge in [-0.15, -0.1) is 0 Å². The molecule has 1 aliphatic rings. The Labute approximate surface area is 183 Å². The molecule has 31 heavy (non-hydrogen) atoms. The third-order valence-corrected chi connectivity index (χ3v) is 5.57. The summed E-state index contributed by atoms with van der Waals surface area (Å²) in [4.78, 5) is 30.1. The van der Waals surface area contributed by atoms with Crippen LogP contribution < -0.4 is 5.32 Å². The summed E-state index contributed by atoms with van der Waals surface area (Å²) in [5.74, 6) is 0.0846. The van der Waals surface area contributed by atoms with E-state index in [0.29, 0.717) is 32.4 Å². The number of aromatic amines is 1. The number of rotatable bonds is 6. The Hall–Kier alpha value is -2.57. The molecule has 0 aliphatic carbocycles. The maximum Gasteiger partial charge on any atom is 0.407 e. The number of carbonyl (C=O) groups is 2. The summed E-state index contributed by atoms with van der Waals surface area (Å²) >= 11 is 0. The fourth-order valence-electron chi connectivity index (χ4n) is 4.32. The Bertz CT molecular complexity index is 945. The van der Waals surface area contributed by atoms with Gasteiger partial charge in [-0.2, -0.15) is 0 Å². The van der Waals surface area contributed by atoms with E-state index in [1.165, 1.54) is 17.7 Å².